The standard InChI is InChI=1S/C21H36S4/c1-21(2,15-3-7-17(8-4-15)22-11-19-13-24-19)16-5-9-18(10-6-16)23-12-20-14-25-20/h15-20H,3-14H2,1-2H3. The van der Waals surface area contributed by atoms with Crippen LogP contribution in [0.3, 0.4) is 0 Å². The topological polar surface area (TPSA) is 0 Å². The van der Waals surface area contributed by atoms with Gasteiger partial charge in [-0.1, -0.05) is 13.8 Å². The summed E-state index contributed by atoms with van der Waals surface area (Å²) in [4.78, 5) is 0. The molecule has 2 saturated carbocycles. The van der Waals surface area contributed by atoms with E-state index in [1.54, 1.807) is 0 Å². The van der Waals surface area contributed by atoms with Crippen LogP contribution in [0.5, 0.6) is 0 Å². The molecule has 4 aliphatic rings. The van der Waals surface area contributed by atoms with Crippen molar-refractivity contribution in [1.29, 1.82) is 0 Å². The van der Waals surface area contributed by atoms with Gasteiger partial charge in [-0.05, 0) is 68.6 Å². The third-order valence-corrected chi connectivity index (χ3v) is 12.7. The van der Waals surface area contributed by atoms with Crippen LogP contribution in [-0.4, -0.2) is 44.0 Å². The summed E-state index contributed by atoms with van der Waals surface area (Å²) < 4.78 is 0. The van der Waals surface area contributed by atoms with Crippen LogP contribution < -0.4 is 0 Å². The second-order valence-corrected chi connectivity index (χ2v) is 14.7. The normalized spacial score (nSPS) is 41.5. The van der Waals surface area contributed by atoms with E-state index in [1.165, 1.54) is 74.4 Å². The van der Waals surface area contributed by atoms with Crippen molar-refractivity contribution < 1.29 is 0 Å². The van der Waals surface area contributed by atoms with Crippen LogP contribution in [-0.2, 0) is 0 Å². The lowest BCUT2D eigenvalue weighted by Crippen LogP contribution is -2.38. The highest BCUT2D eigenvalue weighted by atomic mass is 32.2. The molecule has 25 heavy (non-hydrogen) atoms. The Hall–Kier alpha value is 1.40. The van der Waals surface area contributed by atoms with Gasteiger partial charge in [0.1, 0.15) is 0 Å². The van der Waals surface area contributed by atoms with Gasteiger partial charge in [-0.15, -0.1) is 0 Å². The van der Waals surface area contributed by atoms with Crippen molar-refractivity contribution >= 4 is 47.0 Å². The third-order valence-electron chi connectivity index (χ3n) is 7.29. The Morgan fingerprint density at radius 1 is 0.680 bits per heavy atom. The summed E-state index contributed by atoms with van der Waals surface area (Å²) in [6.07, 6.45) is 12.0. The number of rotatable bonds is 8. The third kappa shape index (κ3) is 5.70. The van der Waals surface area contributed by atoms with Crippen molar-refractivity contribution in [1.82, 2.24) is 0 Å². The Balaban J connectivity index is 1.18. The molecule has 0 aromatic rings. The molecule has 0 nitrogen and oxygen atoms in total. The Morgan fingerprint density at radius 3 is 1.36 bits per heavy atom. The molecule has 0 aromatic carbocycles. The van der Waals surface area contributed by atoms with Crippen molar-refractivity contribution in [2.45, 2.75) is 86.2 Å². The summed E-state index contributed by atoms with van der Waals surface area (Å²) in [5.74, 6) is 7.74. The fourth-order valence-electron chi connectivity index (χ4n) is 5.10. The summed E-state index contributed by atoms with van der Waals surface area (Å²) in [6, 6.07) is 0. The highest BCUT2D eigenvalue weighted by Crippen LogP contribution is 2.51. The molecule has 0 aromatic heterocycles. The van der Waals surface area contributed by atoms with Crippen LogP contribution in [0.2, 0.25) is 0 Å². The Labute approximate surface area is 173 Å². The molecule has 2 atom stereocenters. The van der Waals surface area contributed by atoms with Gasteiger partial charge < -0.3 is 0 Å². The number of thioether (sulfide) groups is 4. The van der Waals surface area contributed by atoms with E-state index in [9.17, 15) is 0 Å². The van der Waals surface area contributed by atoms with Crippen LogP contribution in [0.1, 0.15) is 65.2 Å². The summed E-state index contributed by atoms with van der Waals surface area (Å²) in [7, 11) is 0. The second-order valence-electron chi connectivity index (χ2n) is 9.35. The molecule has 0 N–H and O–H groups in total. The van der Waals surface area contributed by atoms with E-state index in [4.69, 9.17) is 0 Å². The highest BCUT2D eigenvalue weighted by molar-refractivity contribution is 8.09. The molecular formula is C21H36S4. The molecule has 0 spiro atoms. The zero-order valence-electron chi connectivity index (χ0n) is 16.1. The maximum absolute atomic E-state index is 2.63. The predicted molar refractivity (Wildman–Crippen MR) is 123 cm³/mol. The average molecular weight is 417 g/mol. The highest BCUT2D eigenvalue weighted by Gasteiger charge is 2.41. The maximum atomic E-state index is 2.63. The molecule has 4 heteroatoms. The van der Waals surface area contributed by atoms with Crippen LogP contribution in [0.25, 0.3) is 0 Å². The fraction of sp³-hybridized carbons (Fsp3) is 1.00. The summed E-state index contributed by atoms with van der Waals surface area (Å²) in [5.41, 5.74) is 0.587. The van der Waals surface area contributed by atoms with Gasteiger partial charge >= 0.3 is 0 Å². The summed E-state index contributed by atoms with van der Waals surface area (Å²) in [5, 5.41) is 4.01. The smallest absolute Gasteiger partial charge is 0.0229 e. The van der Waals surface area contributed by atoms with Gasteiger partial charge in [-0.2, -0.15) is 47.0 Å². The first-order valence-electron chi connectivity index (χ1n) is 10.6. The van der Waals surface area contributed by atoms with Gasteiger partial charge in [0.15, 0.2) is 0 Å². The predicted octanol–water partition coefficient (Wildman–Crippen LogP) is 6.83. The van der Waals surface area contributed by atoms with Gasteiger partial charge in [-0.3, -0.25) is 0 Å². The zero-order chi connectivity index (χ0) is 17.3. The average Bonchev–Trinajstić information content (AvgIpc) is 3.54. The van der Waals surface area contributed by atoms with E-state index in [-0.39, 0.29) is 0 Å². The van der Waals surface area contributed by atoms with Gasteiger partial charge in [-0.25, -0.2) is 0 Å². The quantitative estimate of drug-likeness (QED) is 0.398. The molecule has 2 aliphatic carbocycles. The van der Waals surface area contributed by atoms with Gasteiger partial charge in [0.25, 0.3) is 0 Å². The first kappa shape index (κ1) is 19.7. The van der Waals surface area contributed by atoms with Crippen molar-refractivity contribution in [2.75, 3.05) is 23.0 Å². The summed E-state index contributed by atoms with van der Waals surface area (Å²) >= 11 is 8.94. The van der Waals surface area contributed by atoms with Crippen molar-refractivity contribution in [3.05, 3.63) is 0 Å². The van der Waals surface area contributed by atoms with E-state index in [1.807, 2.05) is 0 Å². The first-order chi connectivity index (χ1) is 12.1. The Kier molecular flexibility index (Phi) is 6.95. The molecule has 0 amide bonds. The minimum atomic E-state index is 0.587. The number of hydrogen-bond donors (Lipinski definition) is 0. The van der Waals surface area contributed by atoms with Crippen molar-refractivity contribution in [3.8, 4) is 0 Å². The van der Waals surface area contributed by atoms with E-state index < -0.39 is 0 Å². The van der Waals surface area contributed by atoms with Crippen molar-refractivity contribution in [3.63, 3.8) is 0 Å². The molecular weight excluding hydrogens is 380 g/mol. The molecule has 0 bridgehead atoms. The number of hydrogen-bond acceptors (Lipinski definition) is 4. The molecule has 2 unspecified atom stereocenters. The SMILES string of the molecule is CC(C)(C1CCC(SCC2CS2)CC1)C1CCC(SCC2CS2)CC1. The molecule has 0 radical (unpaired) electrons. The van der Waals surface area contributed by atoms with E-state index in [0.29, 0.717) is 5.41 Å². The van der Waals surface area contributed by atoms with Crippen LogP contribution in [0, 0.1) is 17.3 Å². The van der Waals surface area contributed by atoms with E-state index in [2.05, 4.69) is 60.9 Å². The van der Waals surface area contributed by atoms with Gasteiger partial charge in [0.2, 0.25) is 0 Å². The molecule has 2 aliphatic heterocycles. The van der Waals surface area contributed by atoms with Gasteiger partial charge in [0, 0.05) is 44.0 Å². The fourth-order valence-corrected chi connectivity index (χ4v) is 9.56. The molecule has 2 heterocycles. The molecule has 4 fully saturated rings. The minimum absolute atomic E-state index is 0.587. The van der Waals surface area contributed by atoms with Crippen LogP contribution in [0.4, 0.5) is 0 Å². The molecule has 2 saturated heterocycles. The lowest BCUT2D eigenvalue weighted by molar-refractivity contribution is 0.0608. The van der Waals surface area contributed by atoms with Gasteiger partial charge in [0.05, 0.1) is 0 Å². The molecule has 144 valence electrons. The maximum Gasteiger partial charge on any atom is 0.0229 e. The Bertz CT molecular complexity index is 376. The largest absolute Gasteiger partial charge is 0.157 e. The van der Waals surface area contributed by atoms with E-state index in [0.717, 1.165) is 32.8 Å². The summed E-state index contributed by atoms with van der Waals surface area (Å²) in [6.45, 7) is 5.26. The lowest BCUT2D eigenvalue weighted by atomic mass is 9.61. The second kappa shape index (κ2) is 8.82. The monoisotopic (exact) mass is 416 g/mol. The molecule has 4 rings (SSSR count). The van der Waals surface area contributed by atoms with Crippen LogP contribution >= 0.6 is 47.0 Å². The lowest BCUT2D eigenvalue weighted by Gasteiger charge is -2.46. The van der Waals surface area contributed by atoms with E-state index >= 15 is 0 Å². The Morgan fingerprint density at radius 2 is 1.04 bits per heavy atom. The minimum Gasteiger partial charge on any atom is -0.157 e. The van der Waals surface area contributed by atoms with Crippen LogP contribution in [0.15, 0.2) is 0 Å². The zero-order valence-corrected chi connectivity index (χ0v) is 19.3. The van der Waals surface area contributed by atoms with Crippen molar-refractivity contribution in [2.24, 2.45) is 17.3 Å². The first-order valence-corrected chi connectivity index (χ1v) is 14.8.